The summed E-state index contributed by atoms with van der Waals surface area (Å²) in [6.07, 6.45) is 3.25. The molecule has 1 aromatic heterocycles. The van der Waals surface area contributed by atoms with E-state index in [4.69, 9.17) is 9.72 Å². The van der Waals surface area contributed by atoms with E-state index in [2.05, 4.69) is 5.32 Å². The monoisotopic (exact) mass is 417 g/mol. The minimum absolute atomic E-state index is 0. The largest absolute Gasteiger partial charge is 0.493 e. The molecule has 1 spiro atoms. The highest BCUT2D eigenvalue weighted by Gasteiger charge is 2.50. The molecular formula is C22H25ClFN3O2. The number of likely N-dealkylation sites (N-methyl/N-ethyl adjacent to an activating group) is 1. The number of pyridine rings is 1. The zero-order valence-corrected chi connectivity index (χ0v) is 17.4. The predicted molar refractivity (Wildman–Crippen MR) is 111 cm³/mol. The van der Waals surface area contributed by atoms with Crippen molar-refractivity contribution in [2.24, 2.45) is 0 Å². The fraction of sp³-hybridized carbons (Fsp3) is 0.455. The Bertz CT molecular complexity index is 983. The second-order valence-electron chi connectivity index (χ2n) is 8.25. The Morgan fingerprint density at radius 3 is 2.86 bits per heavy atom. The summed E-state index contributed by atoms with van der Waals surface area (Å²) in [6, 6.07) is 7.25. The molecule has 2 atom stereocenters. The van der Waals surface area contributed by atoms with Gasteiger partial charge in [0.2, 0.25) is 5.91 Å². The van der Waals surface area contributed by atoms with Crippen molar-refractivity contribution in [1.82, 2.24) is 15.2 Å². The number of carbonyl (C=O) groups excluding carboxylic acids is 1. The smallest absolute Gasteiger partial charge is 0.242 e. The van der Waals surface area contributed by atoms with Gasteiger partial charge in [-0.2, -0.15) is 0 Å². The van der Waals surface area contributed by atoms with Crippen molar-refractivity contribution in [2.75, 3.05) is 20.2 Å². The number of amides is 1. The highest BCUT2D eigenvalue weighted by molar-refractivity contribution is 5.88. The Labute approximate surface area is 176 Å². The maximum Gasteiger partial charge on any atom is 0.242 e. The lowest BCUT2D eigenvalue weighted by Crippen LogP contribution is -2.47. The van der Waals surface area contributed by atoms with Crippen molar-refractivity contribution < 1.29 is 13.9 Å². The molecule has 0 unspecified atom stereocenters. The van der Waals surface area contributed by atoms with Crippen LogP contribution in [-0.2, 0) is 11.2 Å². The zero-order chi connectivity index (χ0) is 19.5. The van der Waals surface area contributed by atoms with E-state index in [1.165, 1.54) is 0 Å². The molecule has 7 heteroatoms. The molecule has 0 bridgehead atoms. The Kier molecular flexibility index (Phi) is 5.03. The number of benzene rings is 1. The number of hydrogen-bond acceptors (Lipinski definition) is 4. The summed E-state index contributed by atoms with van der Waals surface area (Å²) in [5.74, 6) is 0.707. The van der Waals surface area contributed by atoms with Crippen LogP contribution >= 0.6 is 12.4 Å². The first kappa shape index (κ1) is 20.1. The van der Waals surface area contributed by atoms with E-state index in [-0.39, 0.29) is 30.2 Å². The van der Waals surface area contributed by atoms with Gasteiger partial charge in [-0.3, -0.25) is 15.1 Å². The van der Waals surface area contributed by atoms with Gasteiger partial charge in [0.15, 0.2) is 0 Å². The average Bonchev–Trinajstić information content (AvgIpc) is 3.37. The molecule has 154 valence electrons. The van der Waals surface area contributed by atoms with Gasteiger partial charge >= 0.3 is 0 Å². The Balaban J connectivity index is 0.00000205. The van der Waals surface area contributed by atoms with Gasteiger partial charge in [-0.15, -0.1) is 12.4 Å². The maximum atomic E-state index is 14.8. The molecule has 29 heavy (non-hydrogen) atoms. The second kappa shape index (κ2) is 7.26. The molecule has 4 heterocycles. The van der Waals surface area contributed by atoms with Gasteiger partial charge < -0.3 is 9.64 Å². The number of aromatic nitrogens is 1. The third-order valence-electron chi connectivity index (χ3n) is 6.36. The van der Waals surface area contributed by atoms with Crippen molar-refractivity contribution in [2.45, 2.75) is 44.2 Å². The van der Waals surface area contributed by atoms with Crippen LogP contribution in [0.3, 0.4) is 0 Å². The molecule has 1 aromatic carbocycles. The van der Waals surface area contributed by atoms with Crippen molar-refractivity contribution in [3.8, 4) is 16.9 Å². The van der Waals surface area contributed by atoms with E-state index in [9.17, 15) is 9.18 Å². The molecule has 0 aliphatic carbocycles. The van der Waals surface area contributed by atoms with Gasteiger partial charge in [0.1, 0.15) is 17.1 Å². The molecule has 5 rings (SSSR count). The molecule has 3 aliphatic rings. The quantitative estimate of drug-likeness (QED) is 0.811. The summed E-state index contributed by atoms with van der Waals surface area (Å²) < 4.78 is 20.4. The number of aryl methyl sites for hydroxylation is 1. The van der Waals surface area contributed by atoms with Gasteiger partial charge in [0.25, 0.3) is 0 Å². The van der Waals surface area contributed by atoms with Crippen LogP contribution in [0.5, 0.6) is 5.75 Å². The second-order valence-corrected chi connectivity index (χ2v) is 8.25. The highest BCUT2D eigenvalue weighted by atomic mass is 35.5. The molecular weight excluding hydrogens is 393 g/mol. The van der Waals surface area contributed by atoms with Crippen molar-refractivity contribution >= 4 is 18.3 Å². The van der Waals surface area contributed by atoms with E-state index in [0.717, 1.165) is 60.5 Å². The van der Waals surface area contributed by atoms with Crippen molar-refractivity contribution in [3.05, 3.63) is 47.0 Å². The van der Waals surface area contributed by atoms with Crippen LogP contribution in [0.4, 0.5) is 4.39 Å². The third-order valence-corrected chi connectivity index (χ3v) is 6.36. The van der Waals surface area contributed by atoms with Gasteiger partial charge in [-0.25, -0.2) is 4.39 Å². The van der Waals surface area contributed by atoms with Crippen LogP contribution in [0.2, 0.25) is 0 Å². The summed E-state index contributed by atoms with van der Waals surface area (Å²) >= 11 is 0. The molecule has 1 N–H and O–H groups in total. The molecule has 2 aromatic rings. The van der Waals surface area contributed by atoms with Crippen LogP contribution < -0.4 is 10.1 Å². The van der Waals surface area contributed by atoms with Crippen LogP contribution in [0.15, 0.2) is 24.3 Å². The Morgan fingerprint density at radius 2 is 2.10 bits per heavy atom. The van der Waals surface area contributed by atoms with Crippen molar-refractivity contribution in [3.63, 3.8) is 0 Å². The fourth-order valence-electron chi connectivity index (χ4n) is 4.83. The molecule has 0 radical (unpaired) electrons. The van der Waals surface area contributed by atoms with E-state index in [1.54, 1.807) is 17.0 Å². The predicted octanol–water partition coefficient (Wildman–Crippen LogP) is 3.58. The Hall–Kier alpha value is -2.18. The molecule has 0 saturated carbocycles. The molecule has 2 fully saturated rings. The SMILES string of the molecule is Cc1cc(-c2cc3c(cc2F)CCO3)cc([C@@H]2CC[C@]3(CCN(C)C3=O)N2)n1.Cl. The summed E-state index contributed by atoms with van der Waals surface area (Å²) in [4.78, 5) is 19.1. The first-order chi connectivity index (χ1) is 13.4. The number of hydrogen-bond donors (Lipinski definition) is 1. The number of fused-ring (bicyclic) bond motifs is 1. The zero-order valence-electron chi connectivity index (χ0n) is 16.6. The highest BCUT2D eigenvalue weighted by Crippen LogP contribution is 2.40. The number of likely N-dealkylation sites (tertiary alicyclic amines) is 1. The minimum Gasteiger partial charge on any atom is -0.493 e. The van der Waals surface area contributed by atoms with E-state index in [0.29, 0.717) is 12.2 Å². The first-order valence-corrected chi connectivity index (χ1v) is 9.93. The maximum absolute atomic E-state index is 14.8. The average molecular weight is 418 g/mol. The number of halogens is 2. The lowest BCUT2D eigenvalue weighted by Gasteiger charge is -2.23. The Morgan fingerprint density at radius 1 is 1.28 bits per heavy atom. The molecule has 5 nitrogen and oxygen atoms in total. The first-order valence-electron chi connectivity index (χ1n) is 9.93. The molecule has 3 aliphatic heterocycles. The van der Waals surface area contributed by atoms with Crippen LogP contribution in [0.25, 0.3) is 11.1 Å². The lowest BCUT2D eigenvalue weighted by atomic mass is 9.96. The molecule has 2 saturated heterocycles. The van der Waals surface area contributed by atoms with Gasteiger partial charge in [0.05, 0.1) is 18.3 Å². The van der Waals surface area contributed by atoms with E-state index in [1.807, 2.05) is 26.1 Å². The van der Waals surface area contributed by atoms with E-state index < -0.39 is 5.54 Å². The van der Waals surface area contributed by atoms with Gasteiger partial charge in [0, 0.05) is 36.8 Å². The number of rotatable bonds is 2. The van der Waals surface area contributed by atoms with Gasteiger partial charge in [-0.1, -0.05) is 0 Å². The third kappa shape index (κ3) is 3.28. The summed E-state index contributed by atoms with van der Waals surface area (Å²) in [7, 11) is 1.85. The van der Waals surface area contributed by atoms with E-state index >= 15 is 0 Å². The fourth-order valence-corrected chi connectivity index (χ4v) is 4.83. The van der Waals surface area contributed by atoms with Gasteiger partial charge in [-0.05, 0) is 56.0 Å². The number of nitrogens with zero attached hydrogens (tertiary/aromatic N) is 2. The topological polar surface area (TPSA) is 54.5 Å². The molecule has 1 amide bonds. The number of ether oxygens (including phenoxy) is 1. The standard InChI is InChI=1S/C22H24FN3O2.ClH/c1-13-9-15(16-12-20-14(4-8-28-20)10-17(16)23)11-19(24-13)18-3-5-22(25-18)6-7-26(2)21(22)27;/h9-12,18,25H,3-8H2,1-2H3;1H/t18-,22+;/m0./s1. The van der Waals surface area contributed by atoms with Crippen molar-refractivity contribution in [1.29, 1.82) is 0 Å². The van der Waals surface area contributed by atoms with Crippen LogP contribution in [-0.4, -0.2) is 41.5 Å². The lowest BCUT2D eigenvalue weighted by molar-refractivity contribution is -0.131. The number of nitrogens with one attached hydrogen (secondary N) is 1. The number of carbonyl (C=O) groups is 1. The normalized spacial score (nSPS) is 25.3. The summed E-state index contributed by atoms with van der Waals surface area (Å²) in [5, 5.41) is 3.55. The van der Waals surface area contributed by atoms with Crippen LogP contribution in [0, 0.1) is 12.7 Å². The summed E-state index contributed by atoms with van der Waals surface area (Å²) in [5.41, 5.74) is 3.52. The minimum atomic E-state index is -0.461. The summed E-state index contributed by atoms with van der Waals surface area (Å²) in [6.45, 7) is 3.31. The van der Waals surface area contributed by atoms with Crippen LogP contribution in [0.1, 0.15) is 42.3 Å².